The average molecular weight is 265 g/mol. The summed E-state index contributed by atoms with van der Waals surface area (Å²) < 4.78 is 0. The first kappa shape index (κ1) is 12.9. The first-order valence-corrected chi connectivity index (χ1v) is 7.58. The summed E-state index contributed by atoms with van der Waals surface area (Å²) in [6, 6.07) is 0.360. The van der Waals surface area contributed by atoms with Gasteiger partial charge in [0.1, 0.15) is 0 Å². The van der Waals surface area contributed by atoms with Crippen LogP contribution in [0.2, 0.25) is 0 Å². The number of piperidine rings is 1. The second-order valence-corrected chi connectivity index (χ2v) is 6.00. The van der Waals surface area contributed by atoms with Crippen molar-refractivity contribution in [2.24, 2.45) is 5.92 Å². The van der Waals surface area contributed by atoms with Gasteiger partial charge in [-0.25, -0.2) is 4.79 Å². The fourth-order valence-corrected chi connectivity index (χ4v) is 3.89. The molecule has 0 aromatic rings. The van der Waals surface area contributed by atoms with E-state index in [1.165, 1.54) is 43.4 Å². The van der Waals surface area contributed by atoms with Crippen LogP contribution in [-0.2, 0) is 4.79 Å². The van der Waals surface area contributed by atoms with Crippen molar-refractivity contribution in [3.05, 3.63) is 0 Å². The summed E-state index contributed by atoms with van der Waals surface area (Å²) in [4.78, 5) is 27.4. The number of carbonyl (C=O) groups is 2. The standard InChI is InChI=1S/C14H23N3O2/c18-13(17-9-7-15-14(17)19)10-16-8-3-5-11-4-1-2-6-12(11)16/h11-12H,1-10H2,(H,15,19)/t11-,12+/m1/s1. The molecule has 3 amide bonds. The van der Waals surface area contributed by atoms with E-state index in [-0.39, 0.29) is 11.9 Å². The lowest BCUT2D eigenvalue weighted by Gasteiger charge is -2.44. The van der Waals surface area contributed by atoms with E-state index in [2.05, 4.69) is 10.2 Å². The quantitative estimate of drug-likeness (QED) is 0.816. The first-order valence-electron chi connectivity index (χ1n) is 7.58. The maximum Gasteiger partial charge on any atom is 0.324 e. The van der Waals surface area contributed by atoms with Gasteiger partial charge < -0.3 is 5.32 Å². The van der Waals surface area contributed by atoms with Crippen LogP contribution in [0.3, 0.4) is 0 Å². The number of fused-ring (bicyclic) bond motifs is 1. The Bertz CT molecular complexity index is 370. The van der Waals surface area contributed by atoms with Gasteiger partial charge in [0, 0.05) is 19.1 Å². The average Bonchev–Trinajstić information content (AvgIpc) is 2.85. The van der Waals surface area contributed by atoms with E-state index in [1.54, 1.807) is 0 Å². The van der Waals surface area contributed by atoms with E-state index in [0.29, 0.717) is 25.7 Å². The Labute approximate surface area is 114 Å². The zero-order valence-corrected chi connectivity index (χ0v) is 11.4. The van der Waals surface area contributed by atoms with Gasteiger partial charge in [0.25, 0.3) is 0 Å². The van der Waals surface area contributed by atoms with Crippen molar-refractivity contribution in [2.75, 3.05) is 26.2 Å². The molecule has 0 unspecified atom stereocenters. The van der Waals surface area contributed by atoms with E-state index >= 15 is 0 Å². The molecular formula is C14H23N3O2. The number of hydrogen-bond donors (Lipinski definition) is 1. The fraction of sp³-hybridized carbons (Fsp3) is 0.857. The van der Waals surface area contributed by atoms with E-state index < -0.39 is 0 Å². The molecule has 2 saturated heterocycles. The largest absolute Gasteiger partial charge is 0.336 e. The molecule has 5 heteroatoms. The minimum Gasteiger partial charge on any atom is -0.336 e. The van der Waals surface area contributed by atoms with Crippen molar-refractivity contribution >= 4 is 11.9 Å². The first-order chi connectivity index (χ1) is 9.25. The highest BCUT2D eigenvalue weighted by Crippen LogP contribution is 2.35. The summed E-state index contributed by atoms with van der Waals surface area (Å²) in [5, 5.41) is 2.69. The number of amides is 3. The van der Waals surface area contributed by atoms with Gasteiger partial charge >= 0.3 is 6.03 Å². The lowest BCUT2D eigenvalue weighted by atomic mass is 9.78. The molecule has 2 atom stereocenters. The highest BCUT2D eigenvalue weighted by atomic mass is 16.2. The van der Waals surface area contributed by atoms with Gasteiger partial charge in [0.15, 0.2) is 0 Å². The molecule has 0 aromatic heterocycles. The molecule has 1 saturated carbocycles. The molecule has 2 heterocycles. The van der Waals surface area contributed by atoms with Crippen LogP contribution in [0.1, 0.15) is 38.5 Å². The molecular weight excluding hydrogens is 242 g/mol. The molecule has 1 aliphatic carbocycles. The van der Waals surface area contributed by atoms with Crippen LogP contribution in [0.5, 0.6) is 0 Å². The van der Waals surface area contributed by atoms with Crippen molar-refractivity contribution < 1.29 is 9.59 Å². The van der Waals surface area contributed by atoms with Gasteiger partial charge in [-0.3, -0.25) is 14.6 Å². The molecule has 3 fully saturated rings. The van der Waals surface area contributed by atoms with Gasteiger partial charge in [-0.05, 0) is 38.1 Å². The van der Waals surface area contributed by atoms with Gasteiger partial charge in [-0.15, -0.1) is 0 Å². The lowest BCUT2D eigenvalue weighted by Crippen LogP contribution is -2.51. The highest BCUT2D eigenvalue weighted by Gasteiger charge is 2.35. The third-order valence-corrected chi connectivity index (χ3v) is 4.85. The smallest absolute Gasteiger partial charge is 0.324 e. The Morgan fingerprint density at radius 3 is 2.74 bits per heavy atom. The molecule has 5 nitrogen and oxygen atoms in total. The Kier molecular flexibility index (Phi) is 3.73. The summed E-state index contributed by atoms with van der Waals surface area (Å²) in [6.45, 7) is 2.56. The van der Waals surface area contributed by atoms with Crippen LogP contribution < -0.4 is 5.32 Å². The summed E-state index contributed by atoms with van der Waals surface area (Å²) in [7, 11) is 0. The predicted octanol–water partition coefficient (Wildman–Crippen LogP) is 1.19. The van der Waals surface area contributed by atoms with E-state index in [0.717, 1.165) is 12.5 Å². The van der Waals surface area contributed by atoms with Gasteiger partial charge in [0.05, 0.1) is 6.54 Å². The number of urea groups is 1. The second-order valence-electron chi connectivity index (χ2n) is 6.00. The minimum absolute atomic E-state index is 0.0266. The SMILES string of the molecule is O=C(CN1CCC[C@H]2CCCC[C@@H]21)N1CCNC1=O. The summed E-state index contributed by atoms with van der Waals surface area (Å²) in [5.74, 6) is 0.754. The Hall–Kier alpha value is -1.10. The zero-order valence-electron chi connectivity index (χ0n) is 11.4. The molecule has 2 aliphatic heterocycles. The minimum atomic E-state index is -0.220. The van der Waals surface area contributed by atoms with Crippen molar-refractivity contribution in [1.82, 2.24) is 15.1 Å². The number of likely N-dealkylation sites (tertiary alicyclic amines) is 1. The molecule has 106 valence electrons. The Balaban J connectivity index is 1.61. The van der Waals surface area contributed by atoms with Crippen LogP contribution in [-0.4, -0.2) is 54.0 Å². The van der Waals surface area contributed by atoms with Crippen LogP contribution in [0.25, 0.3) is 0 Å². The summed E-state index contributed by atoms with van der Waals surface area (Å²) in [6.07, 6.45) is 7.69. The number of nitrogens with zero attached hydrogens (tertiary/aromatic N) is 2. The van der Waals surface area contributed by atoms with E-state index in [9.17, 15) is 9.59 Å². The van der Waals surface area contributed by atoms with Crippen molar-refractivity contribution in [1.29, 1.82) is 0 Å². The number of imide groups is 1. The molecule has 0 radical (unpaired) electrons. The third-order valence-electron chi connectivity index (χ3n) is 4.85. The Morgan fingerprint density at radius 1 is 1.16 bits per heavy atom. The maximum atomic E-state index is 12.2. The lowest BCUT2D eigenvalue weighted by molar-refractivity contribution is -0.130. The van der Waals surface area contributed by atoms with Crippen molar-refractivity contribution in [3.63, 3.8) is 0 Å². The van der Waals surface area contributed by atoms with Gasteiger partial charge in [-0.2, -0.15) is 0 Å². The predicted molar refractivity (Wildman–Crippen MR) is 71.7 cm³/mol. The van der Waals surface area contributed by atoms with Gasteiger partial charge in [0.2, 0.25) is 5.91 Å². The van der Waals surface area contributed by atoms with E-state index in [1.807, 2.05) is 0 Å². The summed E-state index contributed by atoms with van der Waals surface area (Å²) >= 11 is 0. The number of nitrogens with one attached hydrogen (secondary N) is 1. The number of hydrogen-bond acceptors (Lipinski definition) is 3. The number of carbonyl (C=O) groups excluding carboxylic acids is 2. The fourth-order valence-electron chi connectivity index (χ4n) is 3.89. The van der Waals surface area contributed by atoms with Crippen LogP contribution in [0, 0.1) is 5.92 Å². The highest BCUT2D eigenvalue weighted by molar-refractivity contribution is 5.96. The van der Waals surface area contributed by atoms with Crippen LogP contribution >= 0.6 is 0 Å². The topological polar surface area (TPSA) is 52.7 Å². The van der Waals surface area contributed by atoms with Crippen LogP contribution in [0.15, 0.2) is 0 Å². The Morgan fingerprint density at radius 2 is 1.95 bits per heavy atom. The molecule has 19 heavy (non-hydrogen) atoms. The second kappa shape index (κ2) is 5.49. The van der Waals surface area contributed by atoms with Gasteiger partial charge in [-0.1, -0.05) is 12.8 Å². The van der Waals surface area contributed by atoms with Crippen molar-refractivity contribution in [2.45, 2.75) is 44.6 Å². The molecule has 0 spiro atoms. The van der Waals surface area contributed by atoms with Crippen molar-refractivity contribution in [3.8, 4) is 0 Å². The summed E-state index contributed by atoms with van der Waals surface area (Å²) in [5.41, 5.74) is 0. The maximum absolute atomic E-state index is 12.2. The molecule has 1 N–H and O–H groups in total. The van der Waals surface area contributed by atoms with E-state index in [4.69, 9.17) is 0 Å². The molecule has 3 aliphatic rings. The zero-order chi connectivity index (χ0) is 13.2. The molecule has 3 rings (SSSR count). The monoisotopic (exact) mass is 265 g/mol. The number of rotatable bonds is 2. The normalized spacial score (nSPS) is 32.0. The third kappa shape index (κ3) is 2.61. The molecule has 0 aromatic carbocycles. The molecule has 0 bridgehead atoms. The van der Waals surface area contributed by atoms with Crippen LogP contribution in [0.4, 0.5) is 4.79 Å².